The second-order valence-electron chi connectivity index (χ2n) is 5.59. The molecule has 0 aromatic carbocycles. The maximum Gasteiger partial charge on any atom is 0.213 e. The van der Waals surface area contributed by atoms with Gasteiger partial charge in [0.1, 0.15) is 0 Å². The molecular formula is C17H30N4O2. The number of ether oxygens (including phenoxy) is 2. The summed E-state index contributed by atoms with van der Waals surface area (Å²) in [4.78, 5) is 8.88. The first-order valence-electron chi connectivity index (χ1n) is 8.25. The summed E-state index contributed by atoms with van der Waals surface area (Å²) in [5.74, 6) is 2.05. The van der Waals surface area contributed by atoms with Gasteiger partial charge in [-0.1, -0.05) is 19.9 Å². The molecule has 1 aromatic heterocycles. The average Bonchev–Trinajstić information content (AvgIpc) is 2.55. The van der Waals surface area contributed by atoms with Gasteiger partial charge in [0, 0.05) is 25.8 Å². The zero-order valence-corrected chi connectivity index (χ0v) is 14.8. The van der Waals surface area contributed by atoms with Crippen LogP contribution in [-0.4, -0.2) is 44.4 Å². The van der Waals surface area contributed by atoms with Crippen LogP contribution in [0.1, 0.15) is 32.9 Å². The summed E-state index contributed by atoms with van der Waals surface area (Å²) in [6.07, 6.45) is 1.09. The van der Waals surface area contributed by atoms with Gasteiger partial charge in [-0.15, -0.1) is 0 Å². The van der Waals surface area contributed by atoms with Crippen molar-refractivity contribution < 1.29 is 9.47 Å². The highest BCUT2D eigenvalue weighted by Crippen LogP contribution is 2.07. The van der Waals surface area contributed by atoms with E-state index in [2.05, 4.69) is 34.5 Å². The van der Waals surface area contributed by atoms with Gasteiger partial charge in [0.25, 0.3) is 0 Å². The Morgan fingerprint density at radius 2 is 2.09 bits per heavy atom. The normalized spacial score (nSPS) is 11.6. The number of guanidine groups is 1. The van der Waals surface area contributed by atoms with Crippen molar-refractivity contribution >= 4 is 5.96 Å². The topological polar surface area (TPSA) is 67.8 Å². The van der Waals surface area contributed by atoms with E-state index in [-0.39, 0.29) is 0 Å². The van der Waals surface area contributed by atoms with Crippen LogP contribution in [0.15, 0.2) is 23.2 Å². The minimum atomic E-state index is 0.501. The molecule has 1 aromatic rings. The van der Waals surface area contributed by atoms with E-state index in [4.69, 9.17) is 9.47 Å². The van der Waals surface area contributed by atoms with E-state index in [1.165, 1.54) is 0 Å². The molecule has 0 aliphatic carbocycles. The molecule has 0 bridgehead atoms. The Morgan fingerprint density at radius 3 is 2.78 bits per heavy atom. The summed E-state index contributed by atoms with van der Waals surface area (Å²) in [5, 5.41) is 6.48. The first-order valence-corrected chi connectivity index (χ1v) is 8.25. The molecule has 0 saturated heterocycles. The molecule has 6 nitrogen and oxygen atoms in total. The molecule has 0 atom stereocenters. The molecule has 0 saturated carbocycles. The van der Waals surface area contributed by atoms with Crippen molar-refractivity contribution in [2.75, 3.05) is 33.4 Å². The first-order chi connectivity index (χ1) is 11.2. The van der Waals surface area contributed by atoms with Crippen molar-refractivity contribution in [2.45, 2.75) is 33.7 Å². The van der Waals surface area contributed by atoms with E-state index < -0.39 is 0 Å². The van der Waals surface area contributed by atoms with Crippen molar-refractivity contribution in [2.24, 2.45) is 10.9 Å². The maximum atomic E-state index is 5.59. The summed E-state index contributed by atoms with van der Waals surface area (Å²) in [5.41, 5.74) is 0.870. The highest BCUT2D eigenvalue weighted by Gasteiger charge is 2.00. The molecule has 0 amide bonds. The Bertz CT molecular complexity index is 464. The lowest BCUT2D eigenvalue weighted by Crippen LogP contribution is -2.39. The van der Waals surface area contributed by atoms with Gasteiger partial charge >= 0.3 is 0 Å². The van der Waals surface area contributed by atoms with E-state index in [0.717, 1.165) is 37.8 Å². The summed E-state index contributed by atoms with van der Waals surface area (Å²) in [6, 6.07) is 5.68. The van der Waals surface area contributed by atoms with Crippen molar-refractivity contribution in [1.82, 2.24) is 15.6 Å². The van der Waals surface area contributed by atoms with Crippen LogP contribution in [0.4, 0.5) is 0 Å². The zero-order valence-electron chi connectivity index (χ0n) is 14.8. The van der Waals surface area contributed by atoms with Gasteiger partial charge in [0.05, 0.1) is 26.0 Å². The minimum Gasteiger partial charge on any atom is -0.481 e. The summed E-state index contributed by atoms with van der Waals surface area (Å²) in [6.45, 7) is 9.96. The van der Waals surface area contributed by atoms with Crippen LogP contribution >= 0.6 is 0 Å². The lowest BCUT2D eigenvalue weighted by atomic mass is 10.1. The maximum absolute atomic E-state index is 5.59. The number of hydrogen-bond acceptors (Lipinski definition) is 4. The Balaban J connectivity index is 2.37. The fourth-order valence-corrected chi connectivity index (χ4v) is 1.82. The third kappa shape index (κ3) is 9.03. The Hall–Kier alpha value is -1.82. The molecule has 130 valence electrons. The predicted octanol–water partition coefficient (Wildman–Crippen LogP) is 2.21. The van der Waals surface area contributed by atoms with E-state index >= 15 is 0 Å². The predicted molar refractivity (Wildman–Crippen MR) is 93.9 cm³/mol. The molecule has 6 heteroatoms. The fourth-order valence-electron chi connectivity index (χ4n) is 1.82. The SMILES string of the molecule is CCNC(=NCc1cccc(OC)n1)NCCOCCC(C)C. The molecule has 23 heavy (non-hydrogen) atoms. The molecule has 0 unspecified atom stereocenters. The molecule has 0 radical (unpaired) electrons. The standard InChI is InChI=1S/C17H30N4O2/c1-5-18-17(19-10-12-23-11-9-14(2)3)20-13-15-7-6-8-16(21-15)22-4/h6-8,14H,5,9-13H2,1-4H3,(H2,18,19,20). The quantitative estimate of drug-likeness (QED) is 0.393. The van der Waals surface area contributed by atoms with Gasteiger partial charge in [-0.2, -0.15) is 0 Å². The molecule has 2 N–H and O–H groups in total. The number of aliphatic imine (C=N–C) groups is 1. The molecule has 1 heterocycles. The molecule has 0 aliphatic heterocycles. The lowest BCUT2D eigenvalue weighted by molar-refractivity contribution is 0.128. The number of aromatic nitrogens is 1. The van der Waals surface area contributed by atoms with Crippen LogP contribution in [-0.2, 0) is 11.3 Å². The van der Waals surface area contributed by atoms with Crippen molar-refractivity contribution in [1.29, 1.82) is 0 Å². The smallest absolute Gasteiger partial charge is 0.213 e. The second kappa shape index (κ2) is 11.7. The Morgan fingerprint density at radius 1 is 1.26 bits per heavy atom. The van der Waals surface area contributed by atoms with Gasteiger partial charge in [-0.05, 0) is 25.3 Å². The van der Waals surface area contributed by atoms with Gasteiger partial charge in [-0.3, -0.25) is 0 Å². The second-order valence-corrected chi connectivity index (χ2v) is 5.59. The molecular weight excluding hydrogens is 292 g/mol. The van der Waals surface area contributed by atoms with Crippen LogP contribution < -0.4 is 15.4 Å². The van der Waals surface area contributed by atoms with E-state index in [0.29, 0.717) is 24.9 Å². The van der Waals surface area contributed by atoms with Crippen molar-refractivity contribution in [3.8, 4) is 5.88 Å². The third-order valence-electron chi connectivity index (χ3n) is 3.11. The van der Waals surface area contributed by atoms with Crippen LogP contribution in [0, 0.1) is 5.92 Å². The van der Waals surface area contributed by atoms with E-state index in [9.17, 15) is 0 Å². The van der Waals surface area contributed by atoms with Crippen LogP contribution in [0.5, 0.6) is 5.88 Å². The Labute approximate surface area is 139 Å². The first kappa shape index (κ1) is 19.2. The van der Waals surface area contributed by atoms with Crippen molar-refractivity contribution in [3.05, 3.63) is 23.9 Å². The van der Waals surface area contributed by atoms with Gasteiger partial charge in [0.2, 0.25) is 5.88 Å². The minimum absolute atomic E-state index is 0.501. The number of hydrogen-bond donors (Lipinski definition) is 2. The van der Waals surface area contributed by atoms with Crippen LogP contribution in [0.25, 0.3) is 0 Å². The highest BCUT2D eigenvalue weighted by molar-refractivity contribution is 5.79. The number of methoxy groups -OCH3 is 1. The van der Waals surface area contributed by atoms with Gasteiger partial charge in [0.15, 0.2) is 5.96 Å². The van der Waals surface area contributed by atoms with Crippen molar-refractivity contribution in [3.63, 3.8) is 0 Å². The van der Waals surface area contributed by atoms with E-state index in [1.807, 2.05) is 25.1 Å². The van der Waals surface area contributed by atoms with Crippen LogP contribution in [0.2, 0.25) is 0 Å². The zero-order chi connectivity index (χ0) is 16.9. The lowest BCUT2D eigenvalue weighted by Gasteiger charge is -2.12. The average molecular weight is 322 g/mol. The molecule has 0 aliphatic rings. The summed E-state index contributed by atoms with van der Waals surface area (Å²) < 4.78 is 10.7. The largest absolute Gasteiger partial charge is 0.481 e. The fraction of sp³-hybridized carbons (Fsp3) is 0.647. The number of nitrogens with one attached hydrogen (secondary N) is 2. The molecule has 1 rings (SSSR count). The molecule has 0 spiro atoms. The molecule has 0 fully saturated rings. The van der Waals surface area contributed by atoms with Gasteiger partial charge in [-0.25, -0.2) is 9.98 Å². The highest BCUT2D eigenvalue weighted by atomic mass is 16.5. The monoisotopic (exact) mass is 322 g/mol. The summed E-state index contributed by atoms with van der Waals surface area (Å²) >= 11 is 0. The van der Waals surface area contributed by atoms with E-state index in [1.54, 1.807) is 7.11 Å². The third-order valence-corrected chi connectivity index (χ3v) is 3.11. The van der Waals surface area contributed by atoms with Gasteiger partial charge < -0.3 is 20.1 Å². The number of nitrogens with zero attached hydrogens (tertiary/aromatic N) is 2. The Kier molecular flexibility index (Phi) is 9.79. The summed E-state index contributed by atoms with van der Waals surface area (Å²) in [7, 11) is 1.61. The van der Waals surface area contributed by atoms with Crippen LogP contribution in [0.3, 0.4) is 0 Å². The number of rotatable bonds is 10. The number of pyridine rings is 1.